The van der Waals surface area contributed by atoms with Gasteiger partial charge in [0.2, 0.25) is 5.88 Å². The third-order valence-electron chi connectivity index (χ3n) is 4.24. The first kappa shape index (κ1) is 18.4. The van der Waals surface area contributed by atoms with E-state index < -0.39 is 0 Å². The zero-order valence-electron chi connectivity index (χ0n) is 15.4. The van der Waals surface area contributed by atoms with Gasteiger partial charge >= 0.3 is 0 Å². The highest BCUT2D eigenvalue weighted by atomic mass is 16.5. The number of nitrogens with one attached hydrogen (secondary N) is 1. The van der Waals surface area contributed by atoms with E-state index in [0.29, 0.717) is 12.5 Å². The number of benzene rings is 1. The van der Waals surface area contributed by atoms with Gasteiger partial charge in [0.25, 0.3) is 0 Å². The lowest BCUT2D eigenvalue weighted by Crippen LogP contribution is -2.18. The summed E-state index contributed by atoms with van der Waals surface area (Å²) in [5.41, 5.74) is 3.60. The predicted molar refractivity (Wildman–Crippen MR) is 102 cm³/mol. The summed E-state index contributed by atoms with van der Waals surface area (Å²) in [7, 11) is 1.68. The molecule has 5 nitrogen and oxygen atoms in total. The van der Waals surface area contributed by atoms with Crippen LogP contribution in [0.1, 0.15) is 24.5 Å². The molecule has 5 heteroatoms. The molecule has 1 unspecified atom stereocenters. The standard InChI is InChI=1S/C21H26N2O3/c1-16(11-17-3-5-19(24-2)6-4-17)13-22-14-18-7-9-23-21(12-18)26-20-8-10-25-15-20/h3-7,9,11-12,20,22H,8,10,13-15H2,1-2H3/b16-11+. The van der Waals surface area contributed by atoms with Crippen LogP contribution in [0.2, 0.25) is 0 Å². The molecule has 1 aliphatic heterocycles. The number of aromatic nitrogens is 1. The molecule has 1 aromatic carbocycles. The van der Waals surface area contributed by atoms with Gasteiger partial charge in [-0.05, 0) is 36.2 Å². The van der Waals surface area contributed by atoms with Gasteiger partial charge in [-0.25, -0.2) is 4.98 Å². The van der Waals surface area contributed by atoms with Crippen LogP contribution in [-0.4, -0.2) is 38.0 Å². The first-order chi connectivity index (χ1) is 12.7. The Bertz CT molecular complexity index is 722. The Morgan fingerprint density at radius 1 is 1.31 bits per heavy atom. The van der Waals surface area contributed by atoms with Crippen molar-refractivity contribution in [3.05, 3.63) is 59.3 Å². The lowest BCUT2D eigenvalue weighted by atomic mass is 10.1. The fourth-order valence-corrected chi connectivity index (χ4v) is 2.84. The SMILES string of the molecule is COc1ccc(/C=C(\C)CNCc2ccnc(OC3CCOC3)c2)cc1. The average Bonchev–Trinajstić information content (AvgIpc) is 3.16. The summed E-state index contributed by atoms with van der Waals surface area (Å²) in [5.74, 6) is 1.54. The lowest BCUT2D eigenvalue weighted by molar-refractivity contribution is 0.138. The second-order valence-corrected chi connectivity index (χ2v) is 6.47. The molecule has 1 saturated heterocycles. The van der Waals surface area contributed by atoms with Crippen molar-refractivity contribution in [2.75, 3.05) is 26.9 Å². The van der Waals surface area contributed by atoms with Crippen molar-refractivity contribution in [2.24, 2.45) is 0 Å². The molecule has 3 rings (SSSR count). The molecule has 0 aliphatic carbocycles. The van der Waals surface area contributed by atoms with Crippen LogP contribution in [0.5, 0.6) is 11.6 Å². The fourth-order valence-electron chi connectivity index (χ4n) is 2.84. The number of methoxy groups -OCH3 is 1. The maximum absolute atomic E-state index is 5.86. The van der Waals surface area contributed by atoms with Crippen molar-refractivity contribution in [3.63, 3.8) is 0 Å². The van der Waals surface area contributed by atoms with Gasteiger partial charge in [0.15, 0.2) is 0 Å². The van der Waals surface area contributed by atoms with Crippen LogP contribution in [0.3, 0.4) is 0 Å². The number of nitrogens with zero attached hydrogens (tertiary/aromatic N) is 1. The van der Waals surface area contributed by atoms with E-state index in [1.807, 2.05) is 24.3 Å². The monoisotopic (exact) mass is 354 g/mol. The molecule has 0 saturated carbocycles. The third kappa shape index (κ3) is 5.58. The zero-order chi connectivity index (χ0) is 18.2. The number of ether oxygens (including phenoxy) is 3. The Balaban J connectivity index is 1.48. The van der Waals surface area contributed by atoms with Gasteiger partial charge in [0.1, 0.15) is 11.9 Å². The molecule has 26 heavy (non-hydrogen) atoms. The van der Waals surface area contributed by atoms with Crippen LogP contribution in [0.4, 0.5) is 0 Å². The number of hydrogen-bond acceptors (Lipinski definition) is 5. The van der Waals surface area contributed by atoms with Gasteiger partial charge in [-0.15, -0.1) is 0 Å². The van der Waals surface area contributed by atoms with E-state index >= 15 is 0 Å². The van der Waals surface area contributed by atoms with E-state index in [4.69, 9.17) is 14.2 Å². The summed E-state index contributed by atoms with van der Waals surface area (Å²) in [4.78, 5) is 4.29. The minimum atomic E-state index is 0.125. The third-order valence-corrected chi connectivity index (χ3v) is 4.24. The van der Waals surface area contributed by atoms with Crippen LogP contribution >= 0.6 is 0 Å². The molecule has 0 spiro atoms. The van der Waals surface area contributed by atoms with E-state index in [2.05, 4.69) is 35.4 Å². The van der Waals surface area contributed by atoms with E-state index in [9.17, 15) is 0 Å². The number of pyridine rings is 1. The Kier molecular flexibility index (Phi) is 6.63. The van der Waals surface area contributed by atoms with E-state index in [-0.39, 0.29) is 6.10 Å². The summed E-state index contributed by atoms with van der Waals surface area (Å²) >= 11 is 0. The summed E-state index contributed by atoms with van der Waals surface area (Å²) in [6, 6.07) is 12.1. The number of hydrogen-bond donors (Lipinski definition) is 1. The van der Waals surface area contributed by atoms with Crippen molar-refractivity contribution in [1.29, 1.82) is 0 Å². The highest BCUT2D eigenvalue weighted by molar-refractivity contribution is 5.53. The van der Waals surface area contributed by atoms with E-state index in [0.717, 1.165) is 37.4 Å². The van der Waals surface area contributed by atoms with Crippen molar-refractivity contribution >= 4 is 6.08 Å². The topological polar surface area (TPSA) is 52.6 Å². The molecular formula is C21H26N2O3. The maximum Gasteiger partial charge on any atom is 0.213 e. The Morgan fingerprint density at radius 3 is 2.88 bits per heavy atom. The van der Waals surface area contributed by atoms with Crippen LogP contribution < -0.4 is 14.8 Å². The highest BCUT2D eigenvalue weighted by Gasteiger charge is 2.17. The smallest absolute Gasteiger partial charge is 0.213 e. The van der Waals surface area contributed by atoms with Gasteiger partial charge in [0, 0.05) is 31.8 Å². The van der Waals surface area contributed by atoms with Crippen LogP contribution in [-0.2, 0) is 11.3 Å². The molecule has 1 aromatic heterocycles. The normalized spacial score (nSPS) is 17.3. The van der Waals surface area contributed by atoms with E-state index in [1.165, 1.54) is 11.1 Å². The molecular weight excluding hydrogens is 328 g/mol. The van der Waals surface area contributed by atoms with Gasteiger partial charge in [-0.3, -0.25) is 0 Å². The fraction of sp³-hybridized carbons (Fsp3) is 0.381. The summed E-state index contributed by atoms with van der Waals surface area (Å²) in [6.07, 6.45) is 5.02. The van der Waals surface area contributed by atoms with Crippen LogP contribution in [0.15, 0.2) is 48.2 Å². The van der Waals surface area contributed by atoms with Crippen molar-refractivity contribution < 1.29 is 14.2 Å². The first-order valence-corrected chi connectivity index (χ1v) is 8.94. The number of rotatable bonds is 8. The lowest BCUT2D eigenvalue weighted by Gasteiger charge is -2.12. The minimum Gasteiger partial charge on any atom is -0.497 e. The summed E-state index contributed by atoms with van der Waals surface area (Å²) < 4.78 is 16.4. The largest absolute Gasteiger partial charge is 0.497 e. The minimum absolute atomic E-state index is 0.125. The van der Waals surface area contributed by atoms with Crippen LogP contribution in [0, 0.1) is 0 Å². The quantitative estimate of drug-likeness (QED) is 0.787. The van der Waals surface area contributed by atoms with Gasteiger partial charge in [-0.2, -0.15) is 0 Å². The molecule has 138 valence electrons. The van der Waals surface area contributed by atoms with Gasteiger partial charge in [0.05, 0.1) is 20.3 Å². The molecule has 2 heterocycles. The molecule has 1 aliphatic rings. The molecule has 1 atom stereocenters. The van der Waals surface area contributed by atoms with Gasteiger partial charge < -0.3 is 19.5 Å². The van der Waals surface area contributed by atoms with Crippen molar-refractivity contribution in [1.82, 2.24) is 10.3 Å². The molecule has 1 N–H and O–H groups in total. The Morgan fingerprint density at radius 2 is 2.15 bits per heavy atom. The molecule has 2 aromatic rings. The van der Waals surface area contributed by atoms with Crippen molar-refractivity contribution in [2.45, 2.75) is 26.0 Å². The Hall–Kier alpha value is -2.37. The van der Waals surface area contributed by atoms with Gasteiger partial charge in [-0.1, -0.05) is 23.8 Å². The molecule has 1 fully saturated rings. The zero-order valence-corrected chi connectivity index (χ0v) is 15.4. The van der Waals surface area contributed by atoms with Crippen LogP contribution in [0.25, 0.3) is 6.08 Å². The summed E-state index contributed by atoms with van der Waals surface area (Å²) in [6.45, 7) is 5.14. The average molecular weight is 354 g/mol. The van der Waals surface area contributed by atoms with E-state index in [1.54, 1.807) is 13.3 Å². The predicted octanol–water partition coefficient (Wildman–Crippen LogP) is 3.45. The Labute approximate surface area is 155 Å². The maximum atomic E-state index is 5.86. The highest BCUT2D eigenvalue weighted by Crippen LogP contribution is 2.16. The summed E-state index contributed by atoms with van der Waals surface area (Å²) in [5, 5.41) is 3.46. The first-order valence-electron chi connectivity index (χ1n) is 8.94. The second kappa shape index (κ2) is 9.36. The van der Waals surface area contributed by atoms with Crippen molar-refractivity contribution in [3.8, 4) is 11.6 Å². The molecule has 0 radical (unpaired) electrons. The second-order valence-electron chi connectivity index (χ2n) is 6.47. The molecule has 0 bridgehead atoms. The molecule has 0 amide bonds.